The molecule has 5 N–H and O–H groups in total. The molecule has 27 unspecified atom stereocenters. The number of amides is 4. The number of nitrogens with zero attached hydrogens (tertiary/aromatic N) is 1. The predicted molar refractivity (Wildman–Crippen MR) is 474 cm³/mol. The summed E-state index contributed by atoms with van der Waals surface area (Å²) in [4.78, 5) is 83.6. The number of carbonyl (C=O) groups is 6. The normalized spacial score (nSPS) is 29.0. The van der Waals surface area contributed by atoms with Crippen molar-refractivity contribution in [3.63, 3.8) is 0 Å². The lowest BCUT2D eigenvalue weighted by Gasteiger charge is -2.52. The first kappa shape index (κ1) is 127. The van der Waals surface area contributed by atoms with Gasteiger partial charge in [-0.3, -0.25) is 44.3 Å². The molecule has 0 spiro atoms. The van der Waals surface area contributed by atoms with Crippen molar-refractivity contribution >= 4 is 114 Å². The first-order chi connectivity index (χ1) is 69.9. The molecule has 854 valence electrons. The Bertz CT molecular complexity index is 5590. The minimum atomic E-state index is -6.53. The van der Waals surface area contributed by atoms with Gasteiger partial charge in [-0.25, -0.2) is 58.9 Å². The van der Waals surface area contributed by atoms with Gasteiger partial charge in [0, 0.05) is 102 Å². The van der Waals surface area contributed by atoms with Crippen molar-refractivity contribution in [3.8, 4) is 5.75 Å². The van der Waals surface area contributed by atoms with Crippen LogP contribution in [0.2, 0.25) is 0 Å². The molecule has 0 radical (unpaired) electrons. The Kier molecular flexibility index (Phi) is 49.2. The van der Waals surface area contributed by atoms with E-state index >= 15 is 0 Å². The lowest BCUT2D eigenvalue weighted by molar-refractivity contribution is -0.401. The number of carboxylic acids is 2. The lowest BCUT2D eigenvalue weighted by atomic mass is 9.94. The molecule has 0 aliphatic carbocycles. The van der Waals surface area contributed by atoms with E-state index < -0.39 is 306 Å². The summed E-state index contributed by atoms with van der Waals surface area (Å²) in [7, 11) is -32.5. The zero-order chi connectivity index (χ0) is 111. The van der Waals surface area contributed by atoms with Gasteiger partial charge >= 0.3 is 0 Å². The molecule has 2 aromatic carbocycles. The molecule has 27 atom stereocenters. The van der Waals surface area contributed by atoms with E-state index in [1.807, 2.05) is 0 Å². The number of aryl methyl sites for hydroxylation is 1. The number of rotatable bonds is 62. The van der Waals surface area contributed by atoms with Crippen molar-refractivity contribution in [3.05, 3.63) is 58.1 Å². The van der Waals surface area contributed by atoms with Crippen molar-refractivity contribution in [1.29, 1.82) is 5.41 Å². The molecule has 8 rings (SSSR count). The number of likely N-dealkylation sites (tertiary alicyclic amines) is 1. The van der Waals surface area contributed by atoms with E-state index in [2.05, 4.69) is 45.8 Å². The van der Waals surface area contributed by atoms with Crippen molar-refractivity contribution in [1.82, 2.24) is 25.6 Å². The quantitative estimate of drug-likeness (QED) is 0.0178. The maximum atomic E-state index is 14.5. The fourth-order valence-corrected chi connectivity index (χ4v) is 21.1. The van der Waals surface area contributed by atoms with E-state index in [1.165, 1.54) is 13.2 Å². The summed E-state index contributed by atoms with van der Waals surface area (Å²) in [5.74, 6) is -6.94. The van der Waals surface area contributed by atoms with Crippen LogP contribution in [-0.2, 0) is 232 Å². The standard InChI is InChI=1S/C80H126N6O56S7/c1-40-34-48(115-5)41(2)42(3)71(40)143(95,96)85-46(72(89)84-47(73(90)86-25-15-14-16-26-86)35-44-19-21-45(22-20-44)43(4)81)36-53(88)82-23-17-18-52(87)83-24-27-124-28-29-125-30-31-126-32-33-127-54-49(37-128-144(97,98)99)132-77(66(120-10)57(54)116-6)136-61-59(118-8)68(122-12)79(139-64(61)74(91)92)135-56-51(39-130-146(103,104)105)133-80(70(142-149(112,113)114)63(56)140-147(106,107)108)137-62-60(119-9)67(121-11)78(138-65(62)75(93)94)134-55-50(38-129-145(100,101)102)131-76(123-13)69(58(55)117-7)141-148(109,110)111/h19-22,34,46-47,49-51,54-70,76-81,85H,14-18,23-33,35-39H2,1-13H3,(H,82,88)(H,83,87)(H,84,89)(H,91,92)(H,93,94)(H,97,98,99)(H,100,101,102)(H,103,104,105)(H,106,107,108)(H,109,110,111)(H,112,113,114)/p-8. The SMILES string of the molecule is COc1cc(C)c(S(=O)(=O)NC(CC(=O)NCCCC(=O)NCCOCCOCCOCCOC2C(COS(=O)(=O)[O-])OC(OC3C(C(=O)[O-])OC(OC4C(COS(=O)(=O)[O-])OC(OC5C(C(=O)[O-])OC(OC6C(COS(=O)(=O)[O-])OC(OC)C(OS(=O)(=O)[O-])C6OC)C(OC)C5OC)C(OS(=O)(=O)[O-])C4OS(=O)(=O)[O-])C(OC)C3OC)C(OC)C2OC)C(=O)NC(Cc2ccc(C(C)=N)cc2)C(=O)N2CCCCC2)c(C)c1C. The summed E-state index contributed by atoms with van der Waals surface area (Å²) in [5, 5.41) is 42.9. The number of aliphatic carboxylic acids is 2. The molecule has 4 amide bonds. The van der Waals surface area contributed by atoms with Gasteiger partial charge in [-0.2, -0.15) is 4.72 Å². The number of benzene rings is 2. The number of piperidine rings is 1. The second-order valence-electron chi connectivity index (χ2n) is 33.4. The molecule has 149 heavy (non-hydrogen) atoms. The van der Waals surface area contributed by atoms with E-state index in [9.17, 15) is 125 Å². The van der Waals surface area contributed by atoms with Gasteiger partial charge in [-0.1, -0.05) is 24.3 Å². The molecule has 2 aromatic rings. The second-order valence-corrected chi connectivity index (χ2v) is 41.3. The number of carboxylic acid groups (broad SMARTS) is 2. The number of methoxy groups -OCH3 is 9. The van der Waals surface area contributed by atoms with Crippen LogP contribution in [0.1, 0.15) is 73.3 Å². The molecule has 69 heteroatoms. The van der Waals surface area contributed by atoms with Crippen LogP contribution in [0.5, 0.6) is 5.75 Å². The van der Waals surface area contributed by atoms with Crippen molar-refractivity contribution in [2.45, 2.75) is 243 Å². The molecule has 6 aliphatic heterocycles. The van der Waals surface area contributed by atoms with Crippen LogP contribution < -0.4 is 35.6 Å². The fourth-order valence-electron chi connectivity index (χ4n) is 17.0. The van der Waals surface area contributed by atoms with Gasteiger partial charge in [0.25, 0.3) is 0 Å². The second kappa shape index (κ2) is 57.6. The third-order valence-corrected chi connectivity index (χ3v) is 28.1. The Morgan fingerprint density at radius 1 is 0.436 bits per heavy atom. The minimum absolute atomic E-state index is 0.000398. The van der Waals surface area contributed by atoms with Gasteiger partial charge in [-0.15, -0.1) is 0 Å². The molecule has 0 saturated carbocycles. The van der Waals surface area contributed by atoms with E-state index in [0.29, 0.717) is 46.8 Å². The minimum Gasteiger partial charge on any atom is -0.726 e. The molecule has 0 bridgehead atoms. The number of carbonyl (C=O) groups excluding carboxylic acids is 6. The highest BCUT2D eigenvalue weighted by Crippen LogP contribution is 2.42. The van der Waals surface area contributed by atoms with Gasteiger partial charge in [0.05, 0.1) is 96.4 Å². The third kappa shape index (κ3) is 37.9. The van der Waals surface area contributed by atoms with Crippen molar-refractivity contribution < 1.29 is 255 Å². The van der Waals surface area contributed by atoms with Gasteiger partial charge in [-0.05, 0) is 87.3 Å². The van der Waals surface area contributed by atoms with Gasteiger partial charge in [0.1, 0.15) is 128 Å². The van der Waals surface area contributed by atoms with Crippen LogP contribution in [0, 0.1) is 26.2 Å². The Balaban J connectivity index is 0.876. The molecule has 6 aliphatic rings. The average Bonchev–Trinajstić information content (AvgIpc) is 0.743. The summed E-state index contributed by atoms with van der Waals surface area (Å²) in [5.41, 5.74) is 2.70. The van der Waals surface area contributed by atoms with Crippen LogP contribution in [0.25, 0.3) is 0 Å². The maximum Gasteiger partial charge on any atom is 0.245 e. The molecule has 6 heterocycles. The van der Waals surface area contributed by atoms with Crippen LogP contribution in [-0.4, -0.2) is 454 Å². The van der Waals surface area contributed by atoms with Crippen LogP contribution in [0.4, 0.5) is 0 Å². The summed E-state index contributed by atoms with van der Waals surface area (Å²) >= 11 is 0. The summed E-state index contributed by atoms with van der Waals surface area (Å²) in [6, 6.07) is 5.45. The predicted octanol–water partition coefficient (Wildman–Crippen LogP) is -9.38. The Morgan fingerprint density at radius 3 is 1.27 bits per heavy atom. The van der Waals surface area contributed by atoms with Gasteiger partial charge in [0.15, 0.2) is 43.7 Å². The van der Waals surface area contributed by atoms with Gasteiger partial charge in [0.2, 0.25) is 96.0 Å². The summed E-state index contributed by atoms with van der Waals surface area (Å²) in [6.45, 7) is 1.96. The molecular weight excluding hydrogens is 2170 g/mol. The first-order valence-electron chi connectivity index (χ1n) is 44.9. The highest BCUT2D eigenvalue weighted by molar-refractivity contribution is 7.89. The maximum absolute atomic E-state index is 14.5. The van der Waals surface area contributed by atoms with Crippen LogP contribution in [0.15, 0.2) is 35.2 Å². The first-order valence-corrected chi connectivity index (χ1v) is 54.4. The highest BCUT2D eigenvalue weighted by atomic mass is 32.3. The van der Waals surface area contributed by atoms with E-state index in [4.69, 9.17) is 110 Å². The molecule has 6 fully saturated rings. The number of sulfonamides is 1. The average molecular weight is 2280 g/mol. The highest BCUT2D eigenvalue weighted by Gasteiger charge is 2.61. The number of hydrogen-bond donors (Lipinski definition) is 5. The van der Waals surface area contributed by atoms with Crippen LogP contribution in [0.3, 0.4) is 0 Å². The van der Waals surface area contributed by atoms with Crippen molar-refractivity contribution in [2.75, 3.05) is 156 Å². The number of ether oxygens (including phenoxy) is 22. The Morgan fingerprint density at radius 2 is 0.832 bits per heavy atom. The van der Waals surface area contributed by atoms with E-state index in [1.54, 1.807) is 56.9 Å². The van der Waals surface area contributed by atoms with Crippen LogP contribution >= 0.6 is 0 Å². The monoisotopic (exact) mass is 2280 g/mol. The lowest BCUT2D eigenvalue weighted by Crippen LogP contribution is -2.70. The molecule has 0 aromatic heterocycles. The Labute approximate surface area is 857 Å². The van der Waals surface area contributed by atoms with Crippen molar-refractivity contribution in [2.24, 2.45) is 0 Å². The van der Waals surface area contributed by atoms with Gasteiger partial charge < -0.3 is 178 Å². The number of hydrogen-bond acceptors (Lipinski definition) is 57. The summed E-state index contributed by atoms with van der Waals surface area (Å²) in [6.07, 6.45) is -57.4. The molecular formula is C80H118N6O56S7-8. The topological polar surface area (TPSA) is 860 Å². The zero-order valence-corrected chi connectivity index (χ0v) is 87.7. The number of nitrogens with one attached hydrogen (secondary N) is 5. The Hall–Kier alpha value is -6.98. The summed E-state index contributed by atoms with van der Waals surface area (Å²) < 4.78 is 405. The fraction of sp³-hybridized carbons (Fsp3) is 0.762. The molecule has 62 nitrogen and oxygen atoms in total. The zero-order valence-electron chi connectivity index (χ0n) is 82.0. The molecule has 6 saturated heterocycles. The van der Waals surface area contributed by atoms with E-state index in [0.717, 1.165) is 76.1 Å². The largest absolute Gasteiger partial charge is 0.726 e. The van der Waals surface area contributed by atoms with E-state index in [-0.39, 0.29) is 82.5 Å². The smallest absolute Gasteiger partial charge is 0.245 e. The third-order valence-electron chi connectivity index (χ3n) is 23.7.